The number of ether oxygens (including phenoxy) is 2. The Hall–Kier alpha value is -2.56. The highest BCUT2D eigenvalue weighted by Gasteiger charge is 2.29. The normalized spacial score (nSPS) is 16.7. The third-order valence-corrected chi connectivity index (χ3v) is 6.66. The van der Waals surface area contributed by atoms with Gasteiger partial charge in [-0.2, -0.15) is 0 Å². The Balaban J connectivity index is 1.46. The zero-order chi connectivity index (χ0) is 20.5. The molecular formula is C20H24N6O3S. The van der Waals surface area contributed by atoms with Gasteiger partial charge in [0.15, 0.2) is 5.13 Å². The summed E-state index contributed by atoms with van der Waals surface area (Å²) in [5.74, 6) is 1.90. The zero-order valence-corrected chi connectivity index (χ0v) is 17.7. The third-order valence-electron chi connectivity index (χ3n) is 5.60. The molecule has 5 rings (SSSR count). The summed E-state index contributed by atoms with van der Waals surface area (Å²) in [6.07, 6.45) is 1.87. The molecule has 1 aromatic carbocycles. The maximum Gasteiger partial charge on any atom is 0.298 e. The van der Waals surface area contributed by atoms with E-state index in [1.165, 1.54) is 11.3 Å². The second kappa shape index (κ2) is 8.29. The molecular weight excluding hydrogens is 404 g/mol. The first kappa shape index (κ1) is 19.4. The molecule has 2 aliphatic rings. The lowest BCUT2D eigenvalue weighted by Gasteiger charge is -2.29. The molecule has 0 atom stereocenters. The highest BCUT2D eigenvalue weighted by atomic mass is 32.1. The number of carbonyl (C=O) groups excluding carboxylic acids is 1. The summed E-state index contributed by atoms with van der Waals surface area (Å²) in [6, 6.07) is 5.79. The molecule has 0 spiro atoms. The lowest BCUT2D eigenvalue weighted by molar-refractivity contribution is 0.0390. The van der Waals surface area contributed by atoms with Crippen LogP contribution in [-0.4, -0.2) is 77.1 Å². The fourth-order valence-corrected chi connectivity index (χ4v) is 4.89. The number of benzene rings is 1. The maximum absolute atomic E-state index is 13.5. The second-order valence-corrected chi connectivity index (χ2v) is 8.45. The van der Waals surface area contributed by atoms with Gasteiger partial charge in [0.25, 0.3) is 5.91 Å². The van der Waals surface area contributed by atoms with Crippen molar-refractivity contribution in [2.24, 2.45) is 0 Å². The SMILES string of the molecule is COc1ccc2sc(N(CCN3CCOCC3)C(=O)c3nnc4n3CCC4)nc2c1. The van der Waals surface area contributed by atoms with E-state index in [4.69, 9.17) is 14.5 Å². The molecule has 2 aromatic heterocycles. The van der Waals surface area contributed by atoms with Gasteiger partial charge in [-0.3, -0.25) is 14.6 Å². The van der Waals surface area contributed by atoms with Crippen molar-refractivity contribution in [3.05, 3.63) is 29.8 Å². The number of nitrogens with zero attached hydrogens (tertiary/aromatic N) is 6. The molecule has 158 valence electrons. The number of thiazole rings is 1. The predicted octanol–water partition coefficient (Wildman–Crippen LogP) is 1.82. The second-order valence-electron chi connectivity index (χ2n) is 7.44. The van der Waals surface area contributed by atoms with E-state index in [1.54, 1.807) is 12.0 Å². The monoisotopic (exact) mass is 428 g/mol. The standard InChI is InChI=1S/C20H24N6O3S/c1-28-14-4-5-16-15(13-14)21-20(30-16)26(8-7-24-9-11-29-12-10-24)19(27)18-23-22-17-3-2-6-25(17)18/h4-5,13H,2-3,6-12H2,1H3. The maximum atomic E-state index is 13.5. The Morgan fingerprint density at radius 2 is 2.13 bits per heavy atom. The molecule has 0 radical (unpaired) electrons. The molecule has 10 heteroatoms. The molecule has 1 saturated heterocycles. The number of hydrogen-bond acceptors (Lipinski definition) is 8. The fraction of sp³-hybridized carbons (Fsp3) is 0.500. The average molecular weight is 429 g/mol. The average Bonchev–Trinajstić information content (AvgIpc) is 3.49. The smallest absolute Gasteiger partial charge is 0.298 e. The first-order chi connectivity index (χ1) is 14.7. The van der Waals surface area contributed by atoms with E-state index < -0.39 is 0 Å². The number of hydrogen-bond donors (Lipinski definition) is 0. The van der Waals surface area contributed by atoms with Crippen LogP contribution < -0.4 is 9.64 Å². The molecule has 0 unspecified atom stereocenters. The molecule has 1 fully saturated rings. The Bertz CT molecular complexity index is 1060. The zero-order valence-electron chi connectivity index (χ0n) is 16.9. The minimum absolute atomic E-state index is 0.144. The van der Waals surface area contributed by atoms with Crippen molar-refractivity contribution in [3.63, 3.8) is 0 Å². The molecule has 3 aromatic rings. The minimum atomic E-state index is -0.144. The summed E-state index contributed by atoms with van der Waals surface area (Å²) >= 11 is 1.51. The number of methoxy groups -OCH3 is 1. The van der Waals surface area contributed by atoms with E-state index in [9.17, 15) is 4.79 Å². The number of rotatable bonds is 6. The van der Waals surface area contributed by atoms with Gasteiger partial charge in [-0.15, -0.1) is 10.2 Å². The molecule has 0 N–H and O–H groups in total. The molecule has 2 aliphatic heterocycles. The summed E-state index contributed by atoms with van der Waals surface area (Å²) in [5, 5.41) is 9.09. The van der Waals surface area contributed by atoms with Gasteiger partial charge in [0.05, 0.1) is 30.5 Å². The predicted molar refractivity (Wildman–Crippen MR) is 113 cm³/mol. The molecule has 0 aliphatic carbocycles. The van der Waals surface area contributed by atoms with Crippen molar-refractivity contribution in [1.82, 2.24) is 24.6 Å². The van der Waals surface area contributed by atoms with Gasteiger partial charge >= 0.3 is 0 Å². The molecule has 30 heavy (non-hydrogen) atoms. The van der Waals surface area contributed by atoms with Gasteiger partial charge in [-0.25, -0.2) is 4.98 Å². The largest absolute Gasteiger partial charge is 0.497 e. The Labute approximate surface area is 178 Å². The van der Waals surface area contributed by atoms with Gasteiger partial charge in [0, 0.05) is 45.2 Å². The van der Waals surface area contributed by atoms with Crippen LogP contribution in [0.15, 0.2) is 18.2 Å². The van der Waals surface area contributed by atoms with Crippen LogP contribution in [0.25, 0.3) is 10.2 Å². The summed E-state index contributed by atoms with van der Waals surface area (Å²) < 4.78 is 13.7. The van der Waals surface area contributed by atoms with E-state index in [0.717, 1.165) is 74.0 Å². The third kappa shape index (κ3) is 3.66. The number of morpholine rings is 1. The van der Waals surface area contributed by atoms with Gasteiger partial charge in [-0.1, -0.05) is 11.3 Å². The lowest BCUT2D eigenvalue weighted by atomic mass is 10.3. The number of aromatic nitrogens is 4. The lowest BCUT2D eigenvalue weighted by Crippen LogP contribution is -2.43. The van der Waals surface area contributed by atoms with Crippen molar-refractivity contribution < 1.29 is 14.3 Å². The van der Waals surface area contributed by atoms with Gasteiger partial charge < -0.3 is 14.0 Å². The molecule has 9 nitrogen and oxygen atoms in total. The van der Waals surface area contributed by atoms with Crippen LogP contribution in [-0.2, 0) is 17.7 Å². The first-order valence-corrected chi connectivity index (χ1v) is 11.0. The highest BCUT2D eigenvalue weighted by Crippen LogP contribution is 2.32. The Morgan fingerprint density at radius 3 is 2.97 bits per heavy atom. The van der Waals surface area contributed by atoms with Crippen LogP contribution in [0.4, 0.5) is 5.13 Å². The van der Waals surface area contributed by atoms with Gasteiger partial charge in [-0.05, 0) is 18.6 Å². The summed E-state index contributed by atoms with van der Waals surface area (Å²) in [6.45, 7) is 5.29. The molecule has 0 saturated carbocycles. The van der Waals surface area contributed by atoms with E-state index in [0.29, 0.717) is 17.5 Å². The van der Waals surface area contributed by atoms with E-state index in [2.05, 4.69) is 15.1 Å². The van der Waals surface area contributed by atoms with E-state index in [-0.39, 0.29) is 5.91 Å². The Morgan fingerprint density at radius 1 is 1.27 bits per heavy atom. The number of carbonyl (C=O) groups is 1. The highest BCUT2D eigenvalue weighted by molar-refractivity contribution is 7.22. The van der Waals surface area contributed by atoms with Gasteiger partial charge in [0.1, 0.15) is 11.6 Å². The van der Waals surface area contributed by atoms with Crippen LogP contribution in [0.3, 0.4) is 0 Å². The van der Waals surface area contributed by atoms with Crippen molar-refractivity contribution in [2.45, 2.75) is 19.4 Å². The summed E-state index contributed by atoms with van der Waals surface area (Å²) in [5.41, 5.74) is 0.824. The van der Waals surface area contributed by atoms with Crippen molar-refractivity contribution in [2.75, 3.05) is 51.4 Å². The van der Waals surface area contributed by atoms with Crippen LogP contribution in [0.2, 0.25) is 0 Å². The Kier molecular flexibility index (Phi) is 5.36. The number of aryl methyl sites for hydroxylation is 1. The van der Waals surface area contributed by atoms with Crippen LogP contribution in [0, 0.1) is 0 Å². The summed E-state index contributed by atoms with van der Waals surface area (Å²) in [4.78, 5) is 22.4. The number of fused-ring (bicyclic) bond motifs is 2. The van der Waals surface area contributed by atoms with E-state index >= 15 is 0 Å². The fourth-order valence-electron chi connectivity index (χ4n) is 3.92. The van der Waals surface area contributed by atoms with Crippen LogP contribution >= 0.6 is 11.3 Å². The first-order valence-electron chi connectivity index (χ1n) is 10.2. The van der Waals surface area contributed by atoms with Crippen LogP contribution in [0.1, 0.15) is 22.9 Å². The molecule has 1 amide bonds. The summed E-state index contributed by atoms with van der Waals surface area (Å²) in [7, 11) is 1.64. The van der Waals surface area contributed by atoms with Crippen molar-refractivity contribution >= 4 is 32.6 Å². The minimum Gasteiger partial charge on any atom is -0.497 e. The quantitative estimate of drug-likeness (QED) is 0.592. The molecule has 0 bridgehead atoms. The topological polar surface area (TPSA) is 85.6 Å². The van der Waals surface area contributed by atoms with Crippen molar-refractivity contribution in [3.8, 4) is 5.75 Å². The number of amides is 1. The van der Waals surface area contributed by atoms with Crippen molar-refractivity contribution in [1.29, 1.82) is 0 Å². The number of anilines is 1. The molecule has 4 heterocycles. The van der Waals surface area contributed by atoms with Gasteiger partial charge in [0.2, 0.25) is 5.82 Å². The van der Waals surface area contributed by atoms with Crippen LogP contribution in [0.5, 0.6) is 5.75 Å². The van der Waals surface area contributed by atoms with E-state index in [1.807, 2.05) is 22.8 Å².